The molecule has 208 valence electrons. The molecule has 1 aliphatic carbocycles. The minimum atomic E-state index is -0.270. The first kappa shape index (κ1) is 28.1. The molecule has 3 aromatic carbocycles. The third kappa shape index (κ3) is 7.20. The fourth-order valence-corrected chi connectivity index (χ4v) is 6.94. The number of amides is 2. The van der Waals surface area contributed by atoms with Gasteiger partial charge in [-0.3, -0.25) is 9.59 Å². The molecule has 1 N–H and O–H groups in total. The quantitative estimate of drug-likeness (QED) is 0.323. The molecule has 5 nitrogen and oxygen atoms in total. The van der Waals surface area contributed by atoms with Crippen molar-refractivity contribution in [1.82, 2.24) is 15.1 Å². The Balaban J connectivity index is 1.20. The van der Waals surface area contributed by atoms with Crippen molar-refractivity contribution in [3.8, 4) is 0 Å². The third-order valence-electron chi connectivity index (χ3n) is 7.63. The number of hydrogen-bond donors (Lipinski definition) is 1. The van der Waals surface area contributed by atoms with Crippen LogP contribution in [0, 0.1) is 5.82 Å². The lowest BCUT2D eigenvalue weighted by molar-refractivity contribution is -0.130. The van der Waals surface area contributed by atoms with Gasteiger partial charge in [0.2, 0.25) is 0 Å². The first-order valence-corrected chi connectivity index (χ1v) is 14.9. The highest BCUT2D eigenvalue weighted by molar-refractivity contribution is 8.04. The second-order valence-electron chi connectivity index (χ2n) is 10.7. The summed E-state index contributed by atoms with van der Waals surface area (Å²) >= 11 is 1.69. The molecule has 1 saturated carbocycles. The van der Waals surface area contributed by atoms with Gasteiger partial charge < -0.3 is 15.1 Å². The van der Waals surface area contributed by atoms with Crippen LogP contribution in [0.5, 0.6) is 0 Å². The lowest BCUT2D eigenvalue weighted by Gasteiger charge is -2.44. The maximum absolute atomic E-state index is 13.6. The number of nitrogens with zero attached hydrogens (tertiary/aromatic N) is 2. The first-order valence-electron chi connectivity index (χ1n) is 14.0. The molecule has 5 rings (SSSR count). The SMILES string of the molecule is CN(CCNC(=O)c1ccc(/C=C2\SC3CCCCC3N(Cc3ccc(F)cc3)C2=O)cc1)Cc1ccccc1. The van der Waals surface area contributed by atoms with E-state index in [1.54, 1.807) is 23.9 Å². The summed E-state index contributed by atoms with van der Waals surface area (Å²) in [6, 6.07) is 24.3. The topological polar surface area (TPSA) is 52.7 Å². The lowest BCUT2D eigenvalue weighted by atomic mass is 9.92. The normalized spacial score (nSPS) is 20.0. The smallest absolute Gasteiger partial charge is 0.260 e. The average Bonchev–Trinajstić information content (AvgIpc) is 2.97. The second-order valence-corrected chi connectivity index (χ2v) is 12.0. The van der Waals surface area contributed by atoms with Crippen molar-refractivity contribution in [2.45, 2.75) is 50.1 Å². The molecular formula is C33H36FN3O2S. The zero-order valence-electron chi connectivity index (χ0n) is 22.9. The molecule has 0 spiro atoms. The highest BCUT2D eigenvalue weighted by Crippen LogP contribution is 2.42. The molecule has 1 saturated heterocycles. The van der Waals surface area contributed by atoms with E-state index in [9.17, 15) is 14.0 Å². The Bertz CT molecular complexity index is 1330. The first-order chi connectivity index (χ1) is 19.5. The monoisotopic (exact) mass is 557 g/mol. The van der Waals surface area contributed by atoms with Crippen LogP contribution in [0.25, 0.3) is 6.08 Å². The summed E-state index contributed by atoms with van der Waals surface area (Å²) in [5, 5.41) is 3.37. The number of thioether (sulfide) groups is 1. The van der Waals surface area contributed by atoms with Crippen molar-refractivity contribution in [3.05, 3.63) is 112 Å². The molecule has 7 heteroatoms. The van der Waals surface area contributed by atoms with E-state index in [-0.39, 0.29) is 23.7 Å². The number of nitrogens with one attached hydrogen (secondary N) is 1. The van der Waals surface area contributed by atoms with Crippen molar-refractivity contribution in [1.29, 1.82) is 0 Å². The van der Waals surface area contributed by atoms with E-state index in [0.29, 0.717) is 23.9 Å². The predicted octanol–water partition coefficient (Wildman–Crippen LogP) is 6.12. The molecule has 2 unspecified atom stereocenters. The fraction of sp³-hybridized carbons (Fsp3) is 0.333. The van der Waals surface area contributed by atoms with Crippen molar-refractivity contribution in [3.63, 3.8) is 0 Å². The van der Waals surface area contributed by atoms with Gasteiger partial charge in [-0.2, -0.15) is 0 Å². The Morgan fingerprint density at radius 2 is 1.73 bits per heavy atom. The highest BCUT2D eigenvalue weighted by atomic mass is 32.2. The number of benzene rings is 3. The molecule has 2 atom stereocenters. The Hall–Kier alpha value is -3.42. The van der Waals surface area contributed by atoms with Crippen LogP contribution in [-0.2, 0) is 17.9 Å². The third-order valence-corrected chi connectivity index (χ3v) is 9.03. The van der Waals surface area contributed by atoms with Gasteiger partial charge in [0.1, 0.15) is 5.82 Å². The fourth-order valence-electron chi connectivity index (χ4n) is 5.47. The number of fused-ring (bicyclic) bond motifs is 1. The maximum Gasteiger partial charge on any atom is 0.260 e. The average molecular weight is 558 g/mol. The van der Waals surface area contributed by atoms with Crippen LogP contribution >= 0.6 is 11.8 Å². The molecule has 0 radical (unpaired) electrons. The molecule has 2 aliphatic rings. The zero-order chi connectivity index (χ0) is 27.9. The lowest BCUT2D eigenvalue weighted by Crippen LogP contribution is -2.50. The summed E-state index contributed by atoms with van der Waals surface area (Å²) in [6.45, 7) is 2.63. The van der Waals surface area contributed by atoms with Crippen molar-refractivity contribution in [2.24, 2.45) is 0 Å². The Labute approximate surface area is 240 Å². The second kappa shape index (κ2) is 13.3. The van der Waals surface area contributed by atoms with Gasteiger partial charge in [-0.15, -0.1) is 11.8 Å². The molecule has 40 heavy (non-hydrogen) atoms. The van der Waals surface area contributed by atoms with Gasteiger partial charge >= 0.3 is 0 Å². The summed E-state index contributed by atoms with van der Waals surface area (Å²) < 4.78 is 13.4. The molecule has 2 fully saturated rings. The van der Waals surface area contributed by atoms with Gasteiger partial charge in [0, 0.05) is 43.0 Å². The number of likely N-dealkylation sites (N-methyl/N-ethyl adjacent to an activating group) is 1. The van der Waals surface area contributed by atoms with Crippen molar-refractivity contribution >= 4 is 29.7 Å². The van der Waals surface area contributed by atoms with Gasteiger partial charge in [-0.1, -0.05) is 67.4 Å². The van der Waals surface area contributed by atoms with Crippen LogP contribution in [0.1, 0.15) is 52.7 Å². The molecule has 3 aromatic rings. The van der Waals surface area contributed by atoms with E-state index in [4.69, 9.17) is 0 Å². The Morgan fingerprint density at radius 1 is 1.00 bits per heavy atom. The van der Waals surface area contributed by atoms with Crippen LogP contribution < -0.4 is 5.32 Å². The van der Waals surface area contributed by atoms with Crippen LogP contribution in [-0.4, -0.2) is 53.0 Å². The number of hydrogen-bond acceptors (Lipinski definition) is 4. The largest absolute Gasteiger partial charge is 0.351 e. The molecular weight excluding hydrogens is 521 g/mol. The van der Waals surface area contributed by atoms with Gasteiger partial charge in [0.05, 0.1) is 4.91 Å². The molecule has 2 amide bonds. The standard InChI is InChI=1S/C33H36FN3O2S/c1-36(22-25-7-3-2-4-8-25)20-19-35-32(38)27-15-11-24(12-16-27)21-31-33(39)37(23-26-13-17-28(34)18-14-26)29-9-5-6-10-30(29)40-31/h2-4,7-8,11-18,21,29-30H,5-6,9-10,19-20,22-23H2,1H3,(H,35,38)/b31-21-. The zero-order valence-corrected chi connectivity index (χ0v) is 23.7. The van der Waals surface area contributed by atoms with Crippen LogP contribution in [0.15, 0.2) is 83.8 Å². The van der Waals surface area contributed by atoms with Crippen molar-refractivity contribution < 1.29 is 14.0 Å². The predicted molar refractivity (Wildman–Crippen MR) is 160 cm³/mol. The van der Waals surface area contributed by atoms with Crippen LogP contribution in [0.4, 0.5) is 4.39 Å². The van der Waals surface area contributed by atoms with Gasteiger partial charge in [-0.05, 0) is 66.9 Å². The minimum absolute atomic E-state index is 0.0268. The van der Waals surface area contributed by atoms with Gasteiger partial charge in [-0.25, -0.2) is 4.39 Å². The summed E-state index contributed by atoms with van der Waals surface area (Å²) in [7, 11) is 2.04. The number of carbonyl (C=O) groups excluding carboxylic acids is 2. The Kier molecular flexibility index (Phi) is 9.34. The van der Waals surface area contributed by atoms with Crippen molar-refractivity contribution in [2.75, 3.05) is 20.1 Å². The van der Waals surface area contributed by atoms with Crippen LogP contribution in [0.2, 0.25) is 0 Å². The van der Waals surface area contributed by atoms with E-state index in [1.807, 2.05) is 60.5 Å². The molecule has 0 bridgehead atoms. The van der Waals surface area contributed by atoms with Gasteiger partial charge in [0.15, 0.2) is 0 Å². The van der Waals surface area contributed by atoms with E-state index in [2.05, 4.69) is 22.3 Å². The maximum atomic E-state index is 13.6. The number of carbonyl (C=O) groups is 2. The minimum Gasteiger partial charge on any atom is -0.351 e. The van der Waals surface area contributed by atoms with E-state index >= 15 is 0 Å². The van der Waals surface area contributed by atoms with Gasteiger partial charge in [0.25, 0.3) is 11.8 Å². The summed E-state index contributed by atoms with van der Waals surface area (Å²) in [4.78, 5) is 31.2. The van der Waals surface area contributed by atoms with E-state index in [1.165, 1.54) is 24.1 Å². The number of rotatable bonds is 9. The van der Waals surface area contributed by atoms with E-state index < -0.39 is 0 Å². The van der Waals surface area contributed by atoms with E-state index in [0.717, 1.165) is 48.4 Å². The summed E-state index contributed by atoms with van der Waals surface area (Å²) in [5.74, 6) is -0.349. The molecule has 0 aromatic heterocycles. The molecule has 1 aliphatic heterocycles. The highest BCUT2D eigenvalue weighted by Gasteiger charge is 2.40. The number of halogens is 1. The summed E-state index contributed by atoms with van der Waals surface area (Å²) in [6.07, 6.45) is 6.33. The van der Waals surface area contributed by atoms with Crippen LogP contribution in [0.3, 0.4) is 0 Å². The summed E-state index contributed by atoms with van der Waals surface area (Å²) in [5.41, 5.74) is 3.67. The molecule has 1 heterocycles. The Morgan fingerprint density at radius 3 is 2.48 bits per heavy atom.